The number of hydrogen-bond acceptors (Lipinski definition) is 4. The number of carbonyl (C=O) groups excluding carboxylic acids is 1. The Morgan fingerprint density at radius 1 is 1.39 bits per heavy atom. The molecule has 1 aromatic heterocycles. The lowest BCUT2D eigenvalue weighted by molar-refractivity contribution is 0.0914. The van der Waals surface area contributed by atoms with E-state index < -0.39 is 0 Å². The third kappa shape index (κ3) is 2.75. The number of hydrogen-bond donors (Lipinski definition) is 2. The van der Waals surface area contributed by atoms with Crippen LogP contribution in [0.2, 0.25) is 0 Å². The van der Waals surface area contributed by atoms with Crippen LogP contribution in [0.25, 0.3) is 0 Å². The van der Waals surface area contributed by atoms with Crippen LogP contribution in [-0.2, 0) is 13.1 Å². The highest BCUT2D eigenvalue weighted by molar-refractivity contribution is 5.89. The van der Waals surface area contributed by atoms with Gasteiger partial charge in [-0.3, -0.25) is 4.79 Å². The summed E-state index contributed by atoms with van der Waals surface area (Å²) in [6.07, 6.45) is 0. The fourth-order valence-electron chi connectivity index (χ4n) is 1.57. The van der Waals surface area contributed by atoms with Gasteiger partial charge in [-0.25, -0.2) is 4.98 Å². The minimum atomic E-state index is -0.332. The fraction of sp³-hybridized carbons (Fsp3) is 0.231. The molecule has 0 aliphatic heterocycles. The first-order valence-electron chi connectivity index (χ1n) is 5.69. The van der Waals surface area contributed by atoms with Gasteiger partial charge < -0.3 is 15.5 Å². The molecule has 0 unspecified atom stereocenters. The van der Waals surface area contributed by atoms with Crippen molar-refractivity contribution in [1.29, 1.82) is 0 Å². The molecule has 0 saturated carbocycles. The van der Waals surface area contributed by atoms with Crippen LogP contribution in [0.4, 0.5) is 0 Å². The molecule has 0 spiro atoms. The summed E-state index contributed by atoms with van der Waals surface area (Å²) >= 11 is 0. The highest BCUT2D eigenvalue weighted by Gasteiger charge is 2.15. The number of nitrogens with two attached hydrogens (primary N) is 1. The summed E-state index contributed by atoms with van der Waals surface area (Å²) in [5.74, 6) is 0.269. The molecule has 0 aliphatic carbocycles. The summed E-state index contributed by atoms with van der Waals surface area (Å²) in [5, 5.41) is 2.74. The Bertz CT molecular complexity index is 534. The third-order valence-electron chi connectivity index (χ3n) is 2.57. The Labute approximate surface area is 105 Å². The van der Waals surface area contributed by atoms with Crippen LogP contribution in [0.1, 0.15) is 27.7 Å². The van der Waals surface area contributed by atoms with Gasteiger partial charge >= 0.3 is 5.91 Å². The van der Waals surface area contributed by atoms with E-state index in [9.17, 15) is 4.79 Å². The second kappa shape index (κ2) is 5.46. The number of aromatic nitrogens is 1. The number of oxazole rings is 1. The number of benzene rings is 1. The standard InChI is InChI=1S/C13H15N3O2/c1-9-11(7-14)18-13(16-9)12(17)15-8-10-5-3-2-4-6-10/h2-6H,7-8,14H2,1H3,(H,15,17). The molecular formula is C13H15N3O2. The molecule has 3 N–H and O–H groups in total. The number of amides is 1. The van der Waals surface area contributed by atoms with Crippen molar-refractivity contribution < 1.29 is 9.21 Å². The SMILES string of the molecule is Cc1nc(C(=O)NCc2ccccc2)oc1CN. The lowest BCUT2D eigenvalue weighted by Gasteiger charge is -2.01. The van der Waals surface area contributed by atoms with Crippen LogP contribution in [-0.4, -0.2) is 10.9 Å². The minimum absolute atomic E-state index is 0.0591. The predicted octanol–water partition coefficient (Wildman–Crippen LogP) is 1.37. The summed E-state index contributed by atoms with van der Waals surface area (Å²) in [4.78, 5) is 15.8. The monoisotopic (exact) mass is 245 g/mol. The normalized spacial score (nSPS) is 10.3. The minimum Gasteiger partial charge on any atom is -0.436 e. The molecule has 94 valence electrons. The zero-order chi connectivity index (χ0) is 13.0. The lowest BCUT2D eigenvalue weighted by atomic mass is 10.2. The number of aryl methyl sites for hydroxylation is 1. The van der Waals surface area contributed by atoms with E-state index in [0.717, 1.165) is 5.56 Å². The Morgan fingerprint density at radius 2 is 2.11 bits per heavy atom. The number of nitrogens with zero attached hydrogens (tertiary/aromatic N) is 1. The fourth-order valence-corrected chi connectivity index (χ4v) is 1.57. The molecule has 2 rings (SSSR count). The highest BCUT2D eigenvalue weighted by atomic mass is 16.4. The molecule has 0 radical (unpaired) electrons. The smallest absolute Gasteiger partial charge is 0.307 e. The maximum Gasteiger partial charge on any atom is 0.307 e. The van der Waals surface area contributed by atoms with E-state index in [1.54, 1.807) is 6.92 Å². The van der Waals surface area contributed by atoms with Crippen LogP contribution in [0.3, 0.4) is 0 Å². The number of nitrogens with one attached hydrogen (secondary N) is 1. The average molecular weight is 245 g/mol. The second-order valence-corrected chi connectivity index (χ2v) is 3.90. The maximum atomic E-state index is 11.8. The van der Waals surface area contributed by atoms with E-state index in [2.05, 4.69) is 10.3 Å². The van der Waals surface area contributed by atoms with E-state index in [1.165, 1.54) is 0 Å². The van der Waals surface area contributed by atoms with Crippen molar-refractivity contribution in [2.45, 2.75) is 20.0 Å². The first kappa shape index (κ1) is 12.3. The molecule has 1 amide bonds. The van der Waals surface area contributed by atoms with Crippen LogP contribution >= 0.6 is 0 Å². The number of rotatable bonds is 4. The highest BCUT2D eigenvalue weighted by Crippen LogP contribution is 2.09. The van der Waals surface area contributed by atoms with Crippen molar-refractivity contribution in [3.8, 4) is 0 Å². The summed E-state index contributed by atoms with van der Waals surface area (Å²) < 4.78 is 5.27. The molecule has 0 saturated heterocycles. The van der Waals surface area contributed by atoms with Crippen molar-refractivity contribution in [2.75, 3.05) is 0 Å². The van der Waals surface area contributed by atoms with Crippen molar-refractivity contribution in [3.05, 3.63) is 53.2 Å². The topological polar surface area (TPSA) is 81.2 Å². The van der Waals surface area contributed by atoms with Crippen molar-refractivity contribution in [1.82, 2.24) is 10.3 Å². The van der Waals surface area contributed by atoms with E-state index >= 15 is 0 Å². The Morgan fingerprint density at radius 3 is 2.72 bits per heavy atom. The Hall–Kier alpha value is -2.14. The molecule has 5 heteroatoms. The molecule has 2 aromatic rings. The average Bonchev–Trinajstić information content (AvgIpc) is 2.78. The van der Waals surface area contributed by atoms with Crippen LogP contribution in [0, 0.1) is 6.92 Å². The molecule has 0 aliphatic rings. The molecule has 1 aromatic carbocycles. The molecule has 1 heterocycles. The van der Waals surface area contributed by atoms with Gasteiger partial charge in [0.1, 0.15) is 5.76 Å². The van der Waals surface area contributed by atoms with Gasteiger partial charge in [0, 0.05) is 6.54 Å². The van der Waals surface area contributed by atoms with Gasteiger partial charge in [-0.15, -0.1) is 0 Å². The zero-order valence-electron chi connectivity index (χ0n) is 10.1. The van der Waals surface area contributed by atoms with Gasteiger partial charge in [-0.2, -0.15) is 0 Å². The molecule has 0 bridgehead atoms. The van der Waals surface area contributed by atoms with Gasteiger partial charge in [-0.1, -0.05) is 30.3 Å². The van der Waals surface area contributed by atoms with Gasteiger partial charge in [0.15, 0.2) is 0 Å². The Kier molecular flexibility index (Phi) is 3.74. The number of carbonyl (C=O) groups is 1. The Balaban J connectivity index is 1.99. The first-order chi connectivity index (χ1) is 8.70. The summed E-state index contributed by atoms with van der Waals surface area (Å²) in [6, 6.07) is 9.64. The van der Waals surface area contributed by atoms with Crippen LogP contribution < -0.4 is 11.1 Å². The van der Waals surface area contributed by atoms with Gasteiger partial charge in [0.05, 0.1) is 12.2 Å². The van der Waals surface area contributed by atoms with Crippen molar-refractivity contribution in [2.24, 2.45) is 5.73 Å². The van der Waals surface area contributed by atoms with Crippen molar-refractivity contribution >= 4 is 5.91 Å². The third-order valence-corrected chi connectivity index (χ3v) is 2.57. The quantitative estimate of drug-likeness (QED) is 0.852. The van der Waals surface area contributed by atoms with Gasteiger partial charge in [-0.05, 0) is 12.5 Å². The lowest BCUT2D eigenvalue weighted by Crippen LogP contribution is -2.23. The molecule has 0 fully saturated rings. The predicted molar refractivity (Wildman–Crippen MR) is 66.7 cm³/mol. The molecule has 0 atom stereocenters. The zero-order valence-corrected chi connectivity index (χ0v) is 10.1. The molecule has 5 nitrogen and oxygen atoms in total. The summed E-state index contributed by atoms with van der Waals surface area (Å²) in [5.41, 5.74) is 7.14. The van der Waals surface area contributed by atoms with E-state index in [-0.39, 0.29) is 18.3 Å². The van der Waals surface area contributed by atoms with Gasteiger partial charge in [0.2, 0.25) is 0 Å². The van der Waals surface area contributed by atoms with E-state index in [1.807, 2.05) is 30.3 Å². The summed E-state index contributed by atoms with van der Waals surface area (Å²) in [6.45, 7) is 2.45. The second-order valence-electron chi connectivity index (χ2n) is 3.90. The largest absolute Gasteiger partial charge is 0.436 e. The molecular weight excluding hydrogens is 230 g/mol. The van der Waals surface area contributed by atoms with Crippen molar-refractivity contribution in [3.63, 3.8) is 0 Å². The van der Waals surface area contributed by atoms with Crippen LogP contribution in [0.5, 0.6) is 0 Å². The van der Waals surface area contributed by atoms with Crippen LogP contribution in [0.15, 0.2) is 34.7 Å². The maximum absolute atomic E-state index is 11.8. The molecule has 18 heavy (non-hydrogen) atoms. The van der Waals surface area contributed by atoms with E-state index in [0.29, 0.717) is 18.0 Å². The van der Waals surface area contributed by atoms with Gasteiger partial charge in [0.25, 0.3) is 5.89 Å². The summed E-state index contributed by atoms with van der Waals surface area (Å²) in [7, 11) is 0. The first-order valence-corrected chi connectivity index (χ1v) is 5.69. The van der Waals surface area contributed by atoms with E-state index in [4.69, 9.17) is 10.2 Å².